The molecular weight excluding hydrogens is 398 g/mol. The number of ketones is 1. The van der Waals surface area contributed by atoms with Gasteiger partial charge in [-0.05, 0) is 45.8 Å². The molecule has 0 atom stereocenters. The second-order valence-corrected chi connectivity index (χ2v) is 6.14. The Morgan fingerprint density at radius 1 is 1.16 bits per heavy atom. The SMILES string of the molecule is O=C(Cc1ccc(Br)cc1Cl)c1ccc(Br)c(F)c1. The van der Waals surface area contributed by atoms with Gasteiger partial charge in [0.1, 0.15) is 5.82 Å². The fourth-order valence-electron chi connectivity index (χ4n) is 1.61. The highest BCUT2D eigenvalue weighted by Gasteiger charge is 2.11. The van der Waals surface area contributed by atoms with Gasteiger partial charge in [0, 0.05) is 21.5 Å². The van der Waals surface area contributed by atoms with Crippen LogP contribution in [-0.2, 0) is 6.42 Å². The minimum Gasteiger partial charge on any atom is -0.294 e. The molecule has 0 N–H and O–H groups in total. The number of Topliss-reactive ketones (excluding diaryl/α,β-unsaturated/α-hetero) is 1. The number of carbonyl (C=O) groups excluding carboxylic acids is 1. The quantitative estimate of drug-likeness (QED) is 0.621. The van der Waals surface area contributed by atoms with Crippen LogP contribution in [-0.4, -0.2) is 5.78 Å². The number of hydrogen-bond donors (Lipinski definition) is 0. The first-order valence-corrected chi connectivity index (χ1v) is 7.36. The van der Waals surface area contributed by atoms with Crippen LogP contribution in [0.25, 0.3) is 0 Å². The lowest BCUT2D eigenvalue weighted by atomic mass is 10.0. The van der Waals surface area contributed by atoms with Crippen molar-refractivity contribution in [1.29, 1.82) is 0 Å². The molecule has 0 heterocycles. The predicted molar refractivity (Wildman–Crippen MR) is 81.3 cm³/mol. The molecule has 0 unspecified atom stereocenters. The smallest absolute Gasteiger partial charge is 0.167 e. The van der Waals surface area contributed by atoms with E-state index in [0.717, 1.165) is 10.0 Å². The largest absolute Gasteiger partial charge is 0.294 e. The highest BCUT2D eigenvalue weighted by molar-refractivity contribution is 9.10. The number of rotatable bonds is 3. The Labute approximate surface area is 132 Å². The average molecular weight is 406 g/mol. The first kappa shape index (κ1) is 14.7. The summed E-state index contributed by atoms with van der Waals surface area (Å²) in [7, 11) is 0. The van der Waals surface area contributed by atoms with Gasteiger partial charge in [0.05, 0.1) is 4.47 Å². The zero-order chi connectivity index (χ0) is 14.0. The Balaban J connectivity index is 2.23. The minimum atomic E-state index is -0.451. The van der Waals surface area contributed by atoms with Crippen LogP contribution in [0.3, 0.4) is 0 Å². The molecule has 0 saturated carbocycles. The first-order chi connectivity index (χ1) is 8.97. The molecule has 5 heteroatoms. The van der Waals surface area contributed by atoms with Crippen LogP contribution in [0.2, 0.25) is 5.02 Å². The van der Waals surface area contributed by atoms with Gasteiger partial charge in [-0.3, -0.25) is 4.79 Å². The molecule has 0 bridgehead atoms. The summed E-state index contributed by atoms with van der Waals surface area (Å²) >= 11 is 12.4. The predicted octanol–water partition coefficient (Wildman–Crippen LogP) is 5.43. The molecule has 19 heavy (non-hydrogen) atoms. The third-order valence-electron chi connectivity index (χ3n) is 2.61. The molecule has 0 fully saturated rings. The summed E-state index contributed by atoms with van der Waals surface area (Å²) in [6.07, 6.45) is 0.146. The van der Waals surface area contributed by atoms with Gasteiger partial charge in [-0.15, -0.1) is 0 Å². The molecule has 0 radical (unpaired) electrons. The van der Waals surface area contributed by atoms with E-state index in [-0.39, 0.29) is 12.2 Å². The standard InChI is InChI=1S/C14H8Br2ClFO/c15-10-3-1-8(12(17)7-10)6-14(19)9-2-4-11(16)13(18)5-9/h1-5,7H,6H2. The Kier molecular flexibility index (Phi) is 4.76. The van der Waals surface area contributed by atoms with Crippen LogP contribution in [0.15, 0.2) is 45.3 Å². The molecule has 1 nitrogen and oxygen atoms in total. The second kappa shape index (κ2) is 6.16. The fraction of sp³-hybridized carbons (Fsp3) is 0.0714. The Hall–Kier alpha value is -0.710. The zero-order valence-corrected chi connectivity index (χ0v) is 13.5. The third-order valence-corrected chi connectivity index (χ3v) is 4.10. The van der Waals surface area contributed by atoms with Crippen molar-refractivity contribution in [2.45, 2.75) is 6.42 Å². The summed E-state index contributed by atoms with van der Waals surface area (Å²) < 4.78 is 14.6. The normalized spacial score (nSPS) is 10.5. The lowest BCUT2D eigenvalue weighted by Gasteiger charge is -2.05. The van der Waals surface area contributed by atoms with E-state index >= 15 is 0 Å². The molecule has 2 aromatic carbocycles. The highest BCUT2D eigenvalue weighted by Crippen LogP contribution is 2.23. The van der Waals surface area contributed by atoms with Gasteiger partial charge < -0.3 is 0 Å². The maximum absolute atomic E-state index is 13.4. The molecule has 0 amide bonds. The molecule has 0 aliphatic heterocycles. The van der Waals surface area contributed by atoms with E-state index in [2.05, 4.69) is 31.9 Å². The lowest BCUT2D eigenvalue weighted by molar-refractivity contribution is 0.0992. The molecule has 0 spiro atoms. The number of benzene rings is 2. The molecule has 0 aromatic heterocycles. The zero-order valence-electron chi connectivity index (χ0n) is 9.59. The van der Waals surface area contributed by atoms with Crippen LogP contribution < -0.4 is 0 Å². The van der Waals surface area contributed by atoms with Crippen molar-refractivity contribution in [3.05, 3.63) is 67.3 Å². The number of halogens is 4. The van der Waals surface area contributed by atoms with Gasteiger partial charge in [0.2, 0.25) is 0 Å². The van der Waals surface area contributed by atoms with Crippen molar-refractivity contribution < 1.29 is 9.18 Å². The number of carbonyl (C=O) groups is 1. The summed E-state index contributed by atoms with van der Waals surface area (Å²) in [6, 6.07) is 9.65. The molecule has 0 saturated heterocycles. The highest BCUT2D eigenvalue weighted by atomic mass is 79.9. The van der Waals surface area contributed by atoms with Gasteiger partial charge in [-0.2, -0.15) is 0 Å². The lowest BCUT2D eigenvalue weighted by Crippen LogP contribution is -2.04. The summed E-state index contributed by atoms with van der Waals surface area (Å²) in [4.78, 5) is 12.1. The van der Waals surface area contributed by atoms with E-state index in [9.17, 15) is 9.18 Å². The van der Waals surface area contributed by atoms with Crippen molar-refractivity contribution >= 4 is 49.2 Å². The Morgan fingerprint density at radius 3 is 2.53 bits per heavy atom. The van der Waals surface area contributed by atoms with Gasteiger partial charge in [-0.1, -0.05) is 39.7 Å². The second-order valence-electron chi connectivity index (χ2n) is 3.96. The van der Waals surface area contributed by atoms with Crippen LogP contribution in [0, 0.1) is 5.82 Å². The molecule has 2 rings (SSSR count). The number of hydrogen-bond acceptors (Lipinski definition) is 1. The van der Waals surface area contributed by atoms with Crippen LogP contribution in [0.5, 0.6) is 0 Å². The van der Waals surface area contributed by atoms with E-state index in [1.165, 1.54) is 12.1 Å². The minimum absolute atomic E-state index is 0.146. The van der Waals surface area contributed by atoms with Crippen LogP contribution in [0.4, 0.5) is 4.39 Å². The average Bonchev–Trinajstić information content (AvgIpc) is 2.36. The van der Waals surface area contributed by atoms with E-state index in [4.69, 9.17) is 11.6 Å². The molecule has 98 valence electrons. The summed E-state index contributed by atoms with van der Waals surface area (Å²) in [5.74, 6) is -0.622. The Bertz CT molecular complexity index is 643. The van der Waals surface area contributed by atoms with Gasteiger partial charge in [-0.25, -0.2) is 4.39 Å². The van der Waals surface area contributed by atoms with Gasteiger partial charge >= 0.3 is 0 Å². The van der Waals surface area contributed by atoms with Crippen molar-refractivity contribution in [3.8, 4) is 0 Å². The van der Waals surface area contributed by atoms with E-state index in [1.807, 2.05) is 6.07 Å². The molecule has 0 aliphatic carbocycles. The van der Waals surface area contributed by atoms with Gasteiger partial charge in [0.15, 0.2) is 5.78 Å². The topological polar surface area (TPSA) is 17.1 Å². The maximum atomic E-state index is 13.4. The van der Waals surface area contributed by atoms with Crippen molar-refractivity contribution in [2.24, 2.45) is 0 Å². The molecule has 2 aromatic rings. The van der Waals surface area contributed by atoms with Crippen LogP contribution in [0.1, 0.15) is 15.9 Å². The third kappa shape index (κ3) is 3.65. The monoisotopic (exact) mass is 404 g/mol. The van der Waals surface area contributed by atoms with Crippen LogP contribution >= 0.6 is 43.5 Å². The maximum Gasteiger partial charge on any atom is 0.167 e. The van der Waals surface area contributed by atoms with Crippen molar-refractivity contribution in [3.63, 3.8) is 0 Å². The molecular formula is C14H8Br2ClFO. The first-order valence-electron chi connectivity index (χ1n) is 5.39. The van der Waals surface area contributed by atoms with E-state index in [1.54, 1.807) is 18.2 Å². The van der Waals surface area contributed by atoms with Crippen molar-refractivity contribution in [2.75, 3.05) is 0 Å². The Morgan fingerprint density at radius 2 is 1.89 bits per heavy atom. The van der Waals surface area contributed by atoms with Gasteiger partial charge in [0.25, 0.3) is 0 Å². The summed E-state index contributed by atoms with van der Waals surface area (Å²) in [5, 5.41) is 0.514. The summed E-state index contributed by atoms with van der Waals surface area (Å²) in [6.45, 7) is 0. The summed E-state index contributed by atoms with van der Waals surface area (Å²) in [5.41, 5.74) is 1.05. The van der Waals surface area contributed by atoms with E-state index in [0.29, 0.717) is 15.1 Å². The van der Waals surface area contributed by atoms with Crippen molar-refractivity contribution in [1.82, 2.24) is 0 Å². The van der Waals surface area contributed by atoms with E-state index < -0.39 is 5.82 Å². The molecule has 0 aliphatic rings. The fourth-order valence-corrected chi connectivity index (χ4v) is 2.60.